The molecule has 12 heteroatoms. The quantitative estimate of drug-likeness (QED) is 0.306. The molecule has 3 N–H and O–H groups in total. The van der Waals surface area contributed by atoms with Crippen LogP contribution in [-0.2, 0) is 21.7 Å². The van der Waals surface area contributed by atoms with Crippen LogP contribution in [0.4, 0.5) is 4.39 Å². The van der Waals surface area contributed by atoms with Gasteiger partial charge in [0.2, 0.25) is 5.91 Å². The molecule has 2 heterocycles. The summed E-state index contributed by atoms with van der Waals surface area (Å²) in [4.78, 5) is 21.4. The molecule has 2 aromatic carbocycles. The van der Waals surface area contributed by atoms with E-state index in [2.05, 4.69) is 20.6 Å². The van der Waals surface area contributed by atoms with Crippen LogP contribution in [0.3, 0.4) is 0 Å². The van der Waals surface area contributed by atoms with E-state index in [1.807, 2.05) is 23.7 Å². The highest BCUT2D eigenvalue weighted by Crippen LogP contribution is 2.35. The normalized spacial score (nSPS) is 16.0. The summed E-state index contributed by atoms with van der Waals surface area (Å²) in [5.41, 5.74) is 2.89. The molecule has 0 radical (unpaired) electrons. The molecule has 1 fully saturated rings. The highest BCUT2D eigenvalue weighted by Gasteiger charge is 2.34. The van der Waals surface area contributed by atoms with Crippen molar-refractivity contribution in [1.29, 1.82) is 0 Å². The topological polar surface area (TPSA) is 126 Å². The van der Waals surface area contributed by atoms with Crippen LogP contribution in [0.15, 0.2) is 36.7 Å². The fraction of sp³-hybridized carbons (Fsp3) is 0.348. The molecule has 2 atom stereocenters. The number of aliphatic hydroxyl groups excluding tert-OH is 1. The van der Waals surface area contributed by atoms with E-state index in [4.69, 9.17) is 0 Å². The van der Waals surface area contributed by atoms with Gasteiger partial charge in [-0.15, -0.1) is 11.3 Å². The summed E-state index contributed by atoms with van der Waals surface area (Å²) in [5.74, 6) is -1.30. The van der Waals surface area contributed by atoms with E-state index in [-0.39, 0.29) is 23.1 Å². The largest absolute Gasteiger partial charge is 0.377 e. The molecule has 35 heavy (non-hydrogen) atoms. The molecule has 0 saturated heterocycles. The van der Waals surface area contributed by atoms with Gasteiger partial charge in [-0.1, -0.05) is 6.07 Å². The van der Waals surface area contributed by atoms with Gasteiger partial charge < -0.3 is 15.0 Å². The second kappa shape index (κ2) is 8.94. The fourth-order valence-electron chi connectivity index (χ4n) is 3.95. The van der Waals surface area contributed by atoms with Crippen molar-refractivity contribution in [2.75, 3.05) is 12.8 Å². The first-order valence-corrected chi connectivity index (χ1v) is 13.8. The van der Waals surface area contributed by atoms with Gasteiger partial charge in [-0.25, -0.2) is 22.8 Å². The molecule has 1 aliphatic carbocycles. The Morgan fingerprint density at radius 1 is 1.29 bits per heavy atom. The Morgan fingerprint density at radius 3 is 2.77 bits per heavy atom. The predicted octanol–water partition coefficient (Wildman–Crippen LogP) is 2.26. The number of rotatable bonds is 8. The van der Waals surface area contributed by atoms with Gasteiger partial charge >= 0.3 is 0 Å². The molecule has 5 rings (SSSR count). The third-order valence-electron chi connectivity index (χ3n) is 5.90. The van der Waals surface area contributed by atoms with Gasteiger partial charge in [0.1, 0.15) is 17.1 Å². The van der Waals surface area contributed by atoms with Crippen molar-refractivity contribution < 1.29 is 22.7 Å². The number of aliphatic hydroxyl groups is 1. The van der Waals surface area contributed by atoms with Crippen LogP contribution < -0.4 is 10.6 Å². The lowest BCUT2D eigenvalue weighted by molar-refractivity contribution is -0.121. The summed E-state index contributed by atoms with van der Waals surface area (Å²) in [6.45, 7) is -0.137. The molecule has 1 saturated carbocycles. The molecule has 2 aromatic heterocycles. The third-order valence-corrected chi connectivity index (χ3v) is 8.42. The van der Waals surface area contributed by atoms with E-state index in [1.54, 1.807) is 18.5 Å². The van der Waals surface area contributed by atoms with Crippen molar-refractivity contribution >= 4 is 48.3 Å². The minimum atomic E-state index is -3.89. The zero-order valence-corrected chi connectivity index (χ0v) is 20.7. The van der Waals surface area contributed by atoms with Crippen molar-refractivity contribution in [3.63, 3.8) is 0 Å². The van der Waals surface area contributed by atoms with Crippen molar-refractivity contribution in [3.05, 3.63) is 47.5 Å². The zero-order valence-electron chi connectivity index (χ0n) is 19.0. The monoisotopic (exact) mass is 517 g/mol. The van der Waals surface area contributed by atoms with Crippen molar-refractivity contribution in [3.8, 4) is 11.1 Å². The second-order valence-corrected chi connectivity index (χ2v) is 12.0. The number of nitrogens with one attached hydrogen (secondary N) is 2. The highest BCUT2D eigenvalue weighted by molar-refractivity contribution is 7.91. The Labute approximate surface area is 204 Å². The molecule has 9 nitrogen and oxygen atoms in total. The number of halogens is 1. The standard InChI is InChI=1S/C23H24FN5O4S2/c1-29-11-26-16-6-3-12(7-18(16)29)14-8-19-17(9-15(14)24)28-23(34-19)21(35(2,32)33)22(31)25-10-20(30)27-13-4-5-13/h3,6-9,11,13,20-21,27,30H,4-5,10H2,1-2H3,(H,25,31). The maximum Gasteiger partial charge on any atom is 0.245 e. The fourth-order valence-corrected chi connectivity index (χ4v) is 6.48. The second-order valence-electron chi connectivity index (χ2n) is 8.82. The number of nitrogens with zero attached hydrogens (tertiary/aromatic N) is 3. The smallest absolute Gasteiger partial charge is 0.245 e. The first kappa shape index (κ1) is 23.8. The number of hydrogen-bond donors (Lipinski definition) is 3. The van der Waals surface area contributed by atoms with Crippen LogP contribution in [-0.4, -0.2) is 59.0 Å². The summed E-state index contributed by atoms with van der Waals surface area (Å²) in [6, 6.07) is 8.50. The Morgan fingerprint density at radius 2 is 2.06 bits per heavy atom. The van der Waals surface area contributed by atoms with E-state index in [0.29, 0.717) is 15.8 Å². The summed E-state index contributed by atoms with van der Waals surface area (Å²) < 4.78 is 42.5. The Bertz CT molecular complexity index is 1540. The maximum absolute atomic E-state index is 15.1. The SMILES string of the molecule is Cn1cnc2ccc(-c3cc4sc(C(C(=O)NCC(O)NC5CC5)S(C)(=O)=O)nc4cc3F)cc21. The maximum atomic E-state index is 15.1. The average Bonchev–Trinajstić information content (AvgIpc) is 3.40. The Kier molecular flexibility index (Phi) is 6.08. The average molecular weight is 518 g/mol. The van der Waals surface area contributed by atoms with Crippen LogP contribution in [0.1, 0.15) is 23.1 Å². The molecule has 0 bridgehead atoms. The predicted molar refractivity (Wildman–Crippen MR) is 132 cm³/mol. The summed E-state index contributed by atoms with van der Waals surface area (Å²) >= 11 is 1.03. The van der Waals surface area contributed by atoms with Gasteiger partial charge in [0, 0.05) is 31.0 Å². The molecular formula is C23H24FN5O4S2. The molecular weight excluding hydrogens is 493 g/mol. The van der Waals surface area contributed by atoms with Gasteiger partial charge in [0.05, 0.1) is 34.1 Å². The number of thiazole rings is 1. The third kappa shape index (κ3) is 4.92. The number of aromatic nitrogens is 3. The minimum Gasteiger partial charge on any atom is -0.377 e. The van der Waals surface area contributed by atoms with Crippen LogP contribution in [0.2, 0.25) is 0 Å². The van der Waals surface area contributed by atoms with Gasteiger partial charge in [0.15, 0.2) is 15.1 Å². The number of carbonyl (C=O) groups is 1. The van der Waals surface area contributed by atoms with Crippen LogP contribution in [0, 0.1) is 5.82 Å². The van der Waals surface area contributed by atoms with E-state index in [1.165, 1.54) is 6.07 Å². The summed E-state index contributed by atoms with van der Waals surface area (Å²) in [5, 5.41) is 13.9. The Hall–Kier alpha value is -2.93. The van der Waals surface area contributed by atoms with Crippen LogP contribution in [0.25, 0.3) is 32.4 Å². The van der Waals surface area contributed by atoms with E-state index in [9.17, 15) is 18.3 Å². The lowest BCUT2D eigenvalue weighted by Gasteiger charge is -2.16. The van der Waals surface area contributed by atoms with E-state index >= 15 is 4.39 Å². The van der Waals surface area contributed by atoms with Gasteiger partial charge in [-0.2, -0.15) is 0 Å². The zero-order chi connectivity index (χ0) is 24.9. The lowest BCUT2D eigenvalue weighted by atomic mass is 10.0. The highest BCUT2D eigenvalue weighted by atomic mass is 32.2. The molecule has 1 amide bonds. The molecule has 2 unspecified atom stereocenters. The molecule has 0 aliphatic heterocycles. The first-order valence-electron chi connectivity index (χ1n) is 11.0. The van der Waals surface area contributed by atoms with Crippen molar-refractivity contribution in [1.82, 2.24) is 25.2 Å². The van der Waals surface area contributed by atoms with Gasteiger partial charge in [0.25, 0.3) is 0 Å². The van der Waals surface area contributed by atoms with Gasteiger partial charge in [-0.05, 0) is 36.6 Å². The number of imidazole rings is 1. The number of aryl methyl sites for hydroxylation is 1. The van der Waals surface area contributed by atoms with Crippen molar-refractivity contribution in [2.24, 2.45) is 7.05 Å². The summed E-state index contributed by atoms with van der Waals surface area (Å²) in [7, 11) is -2.04. The van der Waals surface area contributed by atoms with E-state index in [0.717, 1.165) is 41.5 Å². The number of hydrogen-bond acceptors (Lipinski definition) is 8. The number of carbonyl (C=O) groups excluding carboxylic acids is 1. The van der Waals surface area contributed by atoms with Crippen LogP contribution in [0.5, 0.6) is 0 Å². The number of benzene rings is 2. The molecule has 184 valence electrons. The van der Waals surface area contributed by atoms with E-state index < -0.39 is 33.0 Å². The number of fused-ring (bicyclic) bond motifs is 2. The Balaban J connectivity index is 1.46. The minimum absolute atomic E-state index is 0.0447. The molecule has 1 aliphatic rings. The number of sulfone groups is 1. The molecule has 0 spiro atoms. The summed E-state index contributed by atoms with van der Waals surface area (Å²) in [6.07, 6.45) is 3.57. The lowest BCUT2D eigenvalue weighted by Crippen LogP contribution is -2.44. The van der Waals surface area contributed by atoms with Crippen LogP contribution >= 0.6 is 11.3 Å². The van der Waals surface area contributed by atoms with Crippen molar-refractivity contribution in [2.45, 2.75) is 30.4 Å². The number of amides is 1. The first-order chi connectivity index (χ1) is 16.6. The van der Waals surface area contributed by atoms with Gasteiger partial charge in [-0.3, -0.25) is 10.1 Å². The molecule has 4 aromatic rings.